The Labute approximate surface area is 438 Å². The molecule has 0 aliphatic heterocycles. The molecule has 0 aromatic rings. The second-order valence-electron chi connectivity index (χ2n) is 19.6. The first-order valence-corrected chi connectivity index (χ1v) is 29.8. The van der Waals surface area contributed by atoms with Crippen LogP contribution in [0.4, 0.5) is 0 Å². The van der Waals surface area contributed by atoms with Gasteiger partial charge in [0.1, 0.15) is 13.2 Å². The topological polar surface area (TPSA) is 78.9 Å². The number of unbranched alkanes of at least 4 members (excludes halogenated alkanes) is 29. The molecule has 0 amide bonds. The molecule has 0 saturated heterocycles. The molecule has 0 bridgehead atoms. The molecule has 0 rings (SSSR count). The Balaban J connectivity index is 4.46. The van der Waals surface area contributed by atoms with Crippen LogP contribution in [0.15, 0.2) is 97.2 Å². The van der Waals surface area contributed by atoms with Gasteiger partial charge in [-0.25, -0.2) is 0 Å². The summed E-state index contributed by atoms with van der Waals surface area (Å²) in [6, 6.07) is 0. The van der Waals surface area contributed by atoms with Gasteiger partial charge >= 0.3 is 17.9 Å². The van der Waals surface area contributed by atoms with Crippen LogP contribution in [-0.4, -0.2) is 37.2 Å². The van der Waals surface area contributed by atoms with Crippen LogP contribution in [0.25, 0.3) is 0 Å². The van der Waals surface area contributed by atoms with Crippen LogP contribution in [0.2, 0.25) is 0 Å². The Morgan fingerprint density at radius 2 is 0.606 bits per heavy atom. The Hall–Kier alpha value is -3.67. The average molecular weight is 988 g/mol. The van der Waals surface area contributed by atoms with E-state index < -0.39 is 6.10 Å². The molecule has 0 saturated carbocycles. The third kappa shape index (κ3) is 57.1. The summed E-state index contributed by atoms with van der Waals surface area (Å²) >= 11 is 0. The number of hydrogen-bond acceptors (Lipinski definition) is 6. The van der Waals surface area contributed by atoms with Gasteiger partial charge in [-0.1, -0.05) is 272 Å². The predicted octanol–water partition coefficient (Wildman–Crippen LogP) is 20.1. The highest BCUT2D eigenvalue weighted by Crippen LogP contribution is 2.16. The Morgan fingerprint density at radius 1 is 0.310 bits per heavy atom. The van der Waals surface area contributed by atoms with Gasteiger partial charge < -0.3 is 14.2 Å². The van der Waals surface area contributed by atoms with Crippen molar-refractivity contribution in [3.8, 4) is 0 Å². The molecule has 0 aliphatic carbocycles. The minimum atomic E-state index is -0.797. The first-order chi connectivity index (χ1) is 35.0. The summed E-state index contributed by atoms with van der Waals surface area (Å²) in [6.07, 6.45) is 78.2. The van der Waals surface area contributed by atoms with Crippen LogP contribution in [0, 0.1) is 0 Å². The molecule has 406 valence electrons. The summed E-state index contributed by atoms with van der Waals surface area (Å²) in [5.74, 6) is -0.920. The lowest BCUT2D eigenvalue weighted by molar-refractivity contribution is -0.167. The smallest absolute Gasteiger partial charge is 0.306 e. The molecule has 71 heavy (non-hydrogen) atoms. The predicted molar refractivity (Wildman–Crippen MR) is 307 cm³/mol. The van der Waals surface area contributed by atoms with E-state index in [1.807, 2.05) is 0 Å². The second kappa shape index (κ2) is 58.9. The van der Waals surface area contributed by atoms with Crippen molar-refractivity contribution in [3.05, 3.63) is 97.2 Å². The van der Waals surface area contributed by atoms with E-state index >= 15 is 0 Å². The van der Waals surface area contributed by atoms with Gasteiger partial charge in [0.05, 0.1) is 0 Å². The van der Waals surface area contributed by atoms with Crippen molar-refractivity contribution in [1.82, 2.24) is 0 Å². The normalized spacial score (nSPS) is 12.8. The lowest BCUT2D eigenvalue weighted by atomic mass is 10.0. The number of ether oxygens (including phenoxy) is 3. The fourth-order valence-electron chi connectivity index (χ4n) is 8.21. The molecule has 6 heteroatoms. The van der Waals surface area contributed by atoms with Crippen LogP contribution in [0.5, 0.6) is 0 Å². The van der Waals surface area contributed by atoms with E-state index in [2.05, 4.69) is 118 Å². The van der Waals surface area contributed by atoms with Crippen molar-refractivity contribution in [1.29, 1.82) is 0 Å². The second-order valence-corrected chi connectivity index (χ2v) is 19.6. The van der Waals surface area contributed by atoms with E-state index in [4.69, 9.17) is 14.2 Å². The Morgan fingerprint density at radius 3 is 1.01 bits per heavy atom. The van der Waals surface area contributed by atoms with Crippen molar-refractivity contribution < 1.29 is 28.6 Å². The minimum Gasteiger partial charge on any atom is -0.462 e. The molecule has 0 radical (unpaired) electrons. The highest BCUT2D eigenvalue weighted by Gasteiger charge is 2.19. The van der Waals surface area contributed by atoms with Crippen molar-refractivity contribution >= 4 is 17.9 Å². The maximum Gasteiger partial charge on any atom is 0.306 e. The molecule has 0 N–H and O–H groups in total. The first-order valence-electron chi connectivity index (χ1n) is 29.8. The Bertz CT molecular complexity index is 1410. The maximum absolute atomic E-state index is 12.9. The van der Waals surface area contributed by atoms with E-state index in [9.17, 15) is 14.4 Å². The number of carbonyl (C=O) groups excluding carboxylic acids is 3. The fraction of sp³-hybridized carbons (Fsp3) is 0.708. The maximum atomic E-state index is 12.9. The summed E-state index contributed by atoms with van der Waals surface area (Å²) in [7, 11) is 0. The Kier molecular flexibility index (Phi) is 55.9. The highest BCUT2D eigenvalue weighted by atomic mass is 16.6. The minimum absolute atomic E-state index is 0.0905. The standard InChI is InChI=1S/C65H110O6/c1-4-7-10-13-16-19-22-25-28-31-33-35-37-40-43-46-49-52-55-58-64(67)70-61-62(60-69-63(66)57-54-51-48-45-42-39-36-30-27-24-21-18-15-12-9-6-3)71-65(68)59-56-53-50-47-44-41-38-34-32-29-26-23-20-17-14-11-8-5-2/h7,10,16-17,19-20,23,25-26,28-29,32-35,38,62H,4-6,8-9,11-15,18,21-22,24,27,30-31,36-37,39-61H2,1-3H3/b10-7-,19-16-,20-17-,26-23-,28-25-,32-29-,35-33-,38-34-. The number of esters is 3. The number of carbonyl (C=O) groups is 3. The number of allylic oxidation sites excluding steroid dienone is 16. The van der Waals surface area contributed by atoms with Gasteiger partial charge in [0.25, 0.3) is 0 Å². The van der Waals surface area contributed by atoms with Crippen molar-refractivity contribution in [2.75, 3.05) is 13.2 Å². The molecule has 0 fully saturated rings. The van der Waals surface area contributed by atoms with Gasteiger partial charge in [-0.3, -0.25) is 14.4 Å². The van der Waals surface area contributed by atoms with Gasteiger partial charge in [-0.15, -0.1) is 0 Å². The quantitative estimate of drug-likeness (QED) is 0.0199. The lowest BCUT2D eigenvalue weighted by Crippen LogP contribution is -2.30. The van der Waals surface area contributed by atoms with Crippen LogP contribution >= 0.6 is 0 Å². The highest BCUT2D eigenvalue weighted by molar-refractivity contribution is 5.71. The molecule has 0 spiro atoms. The van der Waals surface area contributed by atoms with E-state index in [1.54, 1.807) is 0 Å². The summed E-state index contributed by atoms with van der Waals surface area (Å²) in [5, 5.41) is 0. The van der Waals surface area contributed by atoms with Gasteiger partial charge in [0.15, 0.2) is 6.10 Å². The average Bonchev–Trinajstić information content (AvgIpc) is 3.37. The van der Waals surface area contributed by atoms with Crippen LogP contribution in [0.1, 0.15) is 278 Å². The van der Waals surface area contributed by atoms with Crippen molar-refractivity contribution in [2.24, 2.45) is 0 Å². The number of rotatable bonds is 53. The molecule has 6 nitrogen and oxygen atoms in total. The van der Waals surface area contributed by atoms with Gasteiger partial charge in [-0.05, 0) is 83.5 Å². The van der Waals surface area contributed by atoms with Gasteiger partial charge in [0.2, 0.25) is 0 Å². The van der Waals surface area contributed by atoms with E-state index in [0.29, 0.717) is 19.3 Å². The van der Waals surface area contributed by atoms with Crippen LogP contribution < -0.4 is 0 Å². The summed E-state index contributed by atoms with van der Waals surface area (Å²) in [6.45, 7) is 6.48. The van der Waals surface area contributed by atoms with E-state index in [-0.39, 0.29) is 31.1 Å². The SMILES string of the molecule is CC/C=C\C/C=C\C/C=C\C/C=C\CCCCCCCCC(=O)OCC(COC(=O)CCCCCCCCCCCCCCCCCC)OC(=O)CCCCCCC\C=C/C=C\C=C/C=C\CCCCC. The van der Waals surface area contributed by atoms with Crippen molar-refractivity contribution in [3.63, 3.8) is 0 Å². The summed E-state index contributed by atoms with van der Waals surface area (Å²) in [5.41, 5.74) is 0. The zero-order valence-electron chi connectivity index (χ0n) is 46.5. The van der Waals surface area contributed by atoms with Gasteiger partial charge in [-0.2, -0.15) is 0 Å². The number of hydrogen-bond donors (Lipinski definition) is 0. The third-order valence-corrected chi connectivity index (χ3v) is 12.7. The molecule has 1 atom stereocenters. The summed E-state index contributed by atoms with van der Waals surface area (Å²) < 4.78 is 16.9. The molecule has 1 unspecified atom stereocenters. The zero-order chi connectivity index (χ0) is 51.4. The first kappa shape index (κ1) is 67.3. The largest absolute Gasteiger partial charge is 0.462 e. The van der Waals surface area contributed by atoms with E-state index in [0.717, 1.165) is 122 Å². The monoisotopic (exact) mass is 987 g/mol. The molecular formula is C65H110O6. The van der Waals surface area contributed by atoms with Crippen LogP contribution in [-0.2, 0) is 28.6 Å². The summed E-state index contributed by atoms with van der Waals surface area (Å²) in [4.78, 5) is 38.2. The van der Waals surface area contributed by atoms with E-state index in [1.165, 1.54) is 116 Å². The third-order valence-electron chi connectivity index (χ3n) is 12.7. The lowest BCUT2D eigenvalue weighted by Gasteiger charge is -2.18. The van der Waals surface area contributed by atoms with Gasteiger partial charge in [0, 0.05) is 19.3 Å². The molecule has 0 aromatic heterocycles. The fourth-order valence-corrected chi connectivity index (χ4v) is 8.21. The molecular weight excluding hydrogens is 877 g/mol. The molecule has 0 aliphatic rings. The van der Waals surface area contributed by atoms with Crippen molar-refractivity contribution in [2.45, 2.75) is 284 Å². The molecule has 0 heterocycles. The van der Waals surface area contributed by atoms with Crippen LogP contribution in [0.3, 0.4) is 0 Å². The zero-order valence-corrected chi connectivity index (χ0v) is 46.5. The molecule has 0 aromatic carbocycles.